The molecule has 1 N–H and O–H groups in total. The van der Waals surface area contributed by atoms with Crippen LogP contribution in [0.1, 0.15) is 9.75 Å². The van der Waals surface area contributed by atoms with Gasteiger partial charge >= 0.3 is 0 Å². The van der Waals surface area contributed by atoms with Gasteiger partial charge in [-0.2, -0.15) is 0 Å². The summed E-state index contributed by atoms with van der Waals surface area (Å²) in [4.78, 5) is 20.2. The van der Waals surface area contributed by atoms with Gasteiger partial charge < -0.3 is 15.1 Å². The molecule has 0 bridgehead atoms. The topological polar surface area (TPSA) is 56.7 Å². The van der Waals surface area contributed by atoms with Crippen molar-refractivity contribution in [3.63, 3.8) is 0 Å². The third kappa shape index (κ3) is 3.98. The highest BCUT2D eigenvalue weighted by Crippen LogP contribution is 2.15. The molecule has 1 aliphatic heterocycles. The van der Waals surface area contributed by atoms with E-state index in [4.69, 9.17) is 0 Å². The number of guanidine groups is 1. The molecule has 7 heteroatoms. The van der Waals surface area contributed by atoms with E-state index in [9.17, 15) is 0 Å². The Kier molecular flexibility index (Phi) is 5.07. The van der Waals surface area contributed by atoms with Crippen LogP contribution in [0.4, 0.5) is 5.95 Å². The Labute approximate surface area is 140 Å². The molecule has 0 atom stereocenters. The number of thiophene rings is 1. The molecule has 2 aromatic rings. The summed E-state index contributed by atoms with van der Waals surface area (Å²) in [6.07, 6.45) is 3.58. The molecule has 2 aromatic heterocycles. The highest BCUT2D eigenvalue weighted by molar-refractivity contribution is 7.11. The van der Waals surface area contributed by atoms with E-state index in [-0.39, 0.29) is 0 Å². The fourth-order valence-corrected chi connectivity index (χ4v) is 3.48. The average Bonchev–Trinajstić information content (AvgIpc) is 3.02. The number of aromatic nitrogens is 2. The maximum atomic E-state index is 4.42. The minimum absolute atomic E-state index is 0.809. The summed E-state index contributed by atoms with van der Waals surface area (Å²) in [5, 5.41) is 3.46. The van der Waals surface area contributed by atoms with E-state index in [1.54, 1.807) is 12.4 Å². The number of hydrogen-bond acceptors (Lipinski definition) is 5. The fraction of sp³-hybridized carbons (Fsp3) is 0.438. The lowest BCUT2D eigenvalue weighted by Crippen LogP contribution is -2.52. The normalized spacial score (nSPS) is 15.8. The summed E-state index contributed by atoms with van der Waals surface area (Å²) in [5.41, 5.74) is 0. The number of rotatable bonds is 3. The highest BCUT2D eigenvalue weighted by atomic mass is 32.1. The van der Waals surface area contributed by atoms with Gasteiger partial charge in [-0.25, -0.2) is 9.97 Å². The Morgan fingerprint density at radius 2 is 1.96 bits per heavy atom. The van der Waals surface area contributed by atoms with Crippen molar-refractivity contribution in [1.29, 1.82) is 0 Å². The molecule has 0 unspecified atom stereocenters. The van der Waals surface area contributed by atoms with Gasteiger partial charge in [-0.1, -0.05) is 0 Å². The van der Waals surface area contributed by atoms with Gasteiger partial charge in [0.25, 0.3) is 0 Å². The number of hydrogen-bond donors (Lipinski definition) is 1. The molecule has 0 saturated carbocycles. The number of nitrogens with zero attached hydrogens (tertiary/aromatic N) is 5. The van der Waals surface area contributed by atoms with Gasteiger partial charge in [0, 0.05) is 55.4 Å². The number of aliphatic imine (C=N–C) groups is 1. The Hall–Kier alpha value is -2.15. The largest absolute Gasteiger partial charge is 0.351 e. The van der Waals surface area contributed by atoms with Gasteiger partial charge in [-0.05, 0) is 25.1 Å². The number of anilines is 1. The highest BCUT2D eigenvalue weighted by Gasteiger charge is 2.20. The second kappa shape index (κ2) is 7.41. The number of aryl methyl sites for hydroxylation is 1. The van der Waals surface area contributed by atoms with Gasteiger partial charge in [-0.15, -0.1) is 11.3 Å². The van der Waals surface area contributed by atoms with E-state index in [1.807, 2.05) is 24.5 Å². The molecule has 0 aromatic carbocycles. The monoisotopic (exact) mass is 330 g/mol. The summed E-state index contributed by atoms with van der Waals surface area (Å²) in [6, 6.07) is 6.17. The quantitative estimate of drug-likeness (QED) is 0.686. The predicted octanol–water partition coefficient (Wildman–Crippen LogP) is 1.74. The van der Waals surface area contributed by atoms with Crippen molar-refractivity contribution >= 4 is 23.2 Å². The van der Waals surface area contributed by atoms with Crippen molar-refractivity contribution in [2.24, 2.45) is 4.99 Å². The number of piperazine rings is 1. The molecule has 3 heterocycles. The van der Waals surface area contributed by atoms with Crippen LogP contribution in [0.15, 0.2) is 35.6 Å². The first-order valence-electron chi connectivity index (χ1n) is 7.79. The summed E-state index contributed by atoms with van der Waals surface area (Å²) in [6.45, 7) is 6.61. The Bertz CT molecular complexity index is 646. The van der Waals surface area contributed by atoms with E-state index in [0.717, 1.165) is 44.6 Å². The zero-order chi connectivity index (χ0) is 16.1. The van der Waals surface area contributed by atoms with Crippen molar-refractivity contribution in [1.82, 2.24) is 20.2 Å². The second-order valence-corrected chi connectivity index (χ2v) is 6.81. The lowest BCUT2D eigenvalue weighted by atomic mass is 10.3. The molecule has 0 radical (unpaired) electrons. The van der Waals surface area contributed by atoms with Crippen molar-refractivity contribution < 1.29 is 0 Å². The molecule has 0 aliphatic carbocycles. The van der Waals surface area contributed by atoms with E-state index >= 15 is 0 Å². The van der Waals surface area contributed by atoms with E-state index < -0.39 is 0 Å². The third-order valence-corrected chi connectivity index (χ3v) is 4.84. The molecule has 0 spiro atoms. The predicted molar refractivity (Wildman–Crippen MR) is 95.1 cm³/mol. The van der Waals surface area contributed by atoms with Crippen LogP contribution in [0.25, 0.3) is 0 Å². The molecular formula is C16H22N6S. The van der Waals surface area contributed by atoms with Crippen LogP contribution in [0.2, 0.25) is 0 Å². The molecule has 1 fully saturated rings. The average molecular weight is 330 g/mol. The van der Waals surface area contributed by atoms with Gasteiger partial charge in [0.2, 0.25) is 5.95 Å². The van der Waals surface area contributed by atoms with Crippen LogP contribution < -0.4 is 10.2 Å². The van der Waals surface area contributed by atoms with Crippen LogP contribution in [-0.4, -0.2) is 54.1 Å². The lowest BCUT2D eigenvalue weighted by Gasteiger charge is -2.36. The zero-order valence-electron chi connectivity index (χ0n) is 13.6. The van der Waals surface area contributed by atoms with E-state index in [0.29, 0.717) is 0 Å². The van der Waals surface area contributed by atoms with Crippen LogP contribution >= 0.6 is 11.3 Å². The Morgan fingerprint density at radius 1 is 1.22 bits per heavy atom. The number of nitrogens with one attached hydrogen (secondary N) is 1. The first-order chi connectivity index (χ1) is 11.3. The standard InChI is InChI=1S/C16H22N6S/c1-13-4-5-14(23-13)12-20-15(17-2)21-8-10-22(11-9-21)16-18-6-3-7-19-16/h3-7H,8-12H2,1-2H3,(H,17,20). The summed E-state index contributed by atoms with van der Waals surface area (Å²) in [7, 11) is 1.84. The summed E-state index contributed by atoms with van der Waals surface area (Å²) < 4.78 is 0. The van der Waals surface area contributed by atoms with Gasteiger partial charge in [-0.3, -0.25) is 4.99 Å². The van der Waals surface area contributed by atoms with Crippen molar-refractivity contribution in [3.8, 4) is 0 Å². The summed E-state index contributed by atoms with van der Waals surface area (Å²) in [5.74, 6) is 1.77. The lowest BCUT2D eigenvalue weighted by molar-refractivity contribution is 0.370. The molecular weight excluding hydrogens is 308 g/mol. The molecule has 6 nitrogen and oxygen atoms in total. The van der Waals surface area contributed by atoms with Gasteiger partial charge in [0.05, 0.1) is 6.54 Å². The van der Waals surface area contributed by atoms with Crippen molar-refractivity contribution in [2.75, 3.05) is 38.1 Å². The molecule has 23 heavy (non-hydrogen) atoms. The van der Waals surface area contributed by atoms with E-state index in [1.165, 1.54) is 9.75 Å². The van der Waals surface area contributed by atoms with Gasteiger partial charge in [0.15, 0.2) is 5.96 Å². The second-order valence-electron chi connectivity index (χ2n) is 5.44. The maximum Gasteiger partial charge on any atom is 0.225 e. The smallest absolute Gasteiger partial charge is 0.225 e. The Morgan fingerprint density at radius 3 is 2.57 bits per heavy atom. The van der Waals surface area contributed by atoms with Crippen LogP contribution in [-0.2, 0) is 6.54 Å². The molecule has 1 saturated heterocycles. The van der Waals surface area contributed by atoms with Crippen LogP contribution in [0.5, 0.6) is 0 Å². The molecule has 3 rings (SSSR count). The molecule has 1 aliphatic rings. The van der Waals surface area contributed by atoms with Crippen molar-refractivity contribution in [2.45, 2.75) is 13.5 Å². The third-order valence-electron chi connectivity index (χ3n) is 3.84. The maximum absolute atomic E-state index is 4.42. The molecule has 122 valence electrons. The fourth-order valence-electron chi connectivity index (χ4n) is 2.65. The van der Waals surface area contributed by atoms with Crippen molar-refractivity contribution in [3.05, 3.63) is 40.3 Å². The minimum atomic E-state index is 0.809. The van der Waals surface area contributed by atoms with E-state index in [2.05, 4.69) is 49.1 Å². The summed E-state index contributed by atoms with van der Waals surface area (Å²) >= 11 is 1.82. The Balaban J connectivity index is 1.53. The van der Waals surface area contributed by atoms with Gasteiger partial charge in [0.1, 0.15) is 0 Å². The molecule has 0 amide bonds. The van der Waals surface area contributed by atoms with Crippen LogP contribution in [0.3, 0.4) is 0 Å². The SMILES string of the molecule is CN=C(NCc1ccc(C)s1)N1CCN(c2ncccn2)CC1. The van der Waals surface area contributed by atoms with Crippen LogP contribution in [0, 0.1) is 6.92 Å². The first kappa shape index (κ1) is 15.7. The minimum Gasteiger partial charge on any atom is -0.351 e. The zero-order valence-corrected chi connectivity index (χ0v) is 14.4. The first-order valence-corrected chi connectivity index (χ1v) is 8.61.